The van der Waals surface area contributed by atoms with Gasteiger partial charge in [-0.25, -0.2) is 8.78 Å². The van der Waals surface area contributed by atoms with Crippen molar-refractivity contribution in [3.05, 3.63) is 29.3 Å². The molecule has 18 heavy (non-hydrogen) atoms. The van der Waals surface area contributed by atoms with Crippen LogP contribution >= 0.6 is 0 Å². The highest BCUT2D eigenvalue weighted by Gasteiger charge is 2.14. The Hall–Kier alpha value is -1.73. The molecular weight excluding hydrogens is 246 g/mol. The van der Waals surface area contributed by atoms with Gasteiger partial charge in [-0.2, -0.15) is 0 Å². The van der Waals surface area contributed by atoms with Gasteiger partial charge in [0.25, 0.3) is 0 Å². The van der Waals surface area contributed by atoms with Gasteiger partial charge in [-0.3, -0.25) is 4.79 Å². The minimum atomic E-state index is -1.09. The number of carbonyl (C=O) groups is 1. The zero-order chi connectivity index (χ0) is 13.7. The molecule has 0 saturated carbocycles. The molecule has 0 aromatic heterocycles. The Bertz CT molecular complexity index is 441. The van der Waals surface area contributed by atoms with Crippen LogP contribution in [0.4, 0.5) is 8.78 Å². The molecule has 0 bridgehead atoms. The lowest BCUT2D eigenvalue weighted by Gasteiger charge is -2.11. The second kappa shape index (κ2) is 6.27. The summed E-state index contributed by atoms with van der Waals surface area (Å²) in [5, 5.41) is 10.9. The monoisotopic (exact) mass is 260 g/mol. The lowest BCUT2D eigenvalue weighted by molar-refractivity contribution is -0.123. The number of halogens is 2. The molecule has 0 heterocycles. The minimum absolute atomic E-state index is 0.0354. The Kier molecular flexibility index (Phi) is 4.99. The molecule has 0 aliphatic rings. The van der Waals surface area contributed by atoms with Crippen molar-refractivity contribution in [2.45, 2.75) is 12.6 Å². The van der Waals surface area contributed by atoms with Gasteiger partial charge in [0.1, 0.15) is 11.9 Å². The maximum Gasteiger partial charge on any atom is 0.239 e. The summed E-state index contributed by atoms with van der Waals surface area (Å²) in [4.78, 5) is 11.2. The van der Waals surface area contributed by atoms with Crippen LogP contribution in [0.5, 0.6) is 5.75 Å². The highest BCUT2D eigenvalue weighted by Crippen LogP contribution is 2.21. The molecule has 1 amide bonds. The van der Waals surface area contributed by atoms with Crippen LogP contribution < -0.4 is 15.8 Å². The van der Waals surface area contributed by atoms with Gasteiger partial charge in [0.05, 0.1) is 13.7 Å². The van der Waals surface area contributed by atoms with Gasteiger partial charge in [-0.15, -0.1) is 0 Å². The normalized spacial score (nSPS) is 12.1. The number of hydrogen-bond donors (Lipinski definition) is 3. The van der Waals surface area contributed by atoms with Crippen LogP contribution in [0, 0.1) is 11.6 Å². The van der Waals surface area contributed by atoms with Crippen LogP contribution in [0.3, 0.4) is 0 Å². The Balaban J connectivity index is 2.74. The van der Waals surface area contributed by atoms with E-state index in [1.165, 1.54) is 7.11 Å². The maximum atomic E-state index is 13.5. The third kappa shape index (κ3) is 3.38. The smallest absolute Gasteiger partial charge is 0.239 e. The van der Waals surface area contributed by atoms with E-state index >= 15 is 0 Å². The number of aliphatic hydroxyl groups excluding tert-OH is 1. The standard InChI is InChI=1S/C11H14F2N2O3/c1-18-10-3-7(12)6(2-8(10)13)4-15-11(17)9(14)5-16/h2-3,9,16H,4-5,14H2,1H3,(H,15,17). The lowest BCUT2D eigenvalue weighted by Crippen LogP contribution is -2.42. The van der Waals surface area contributed by atoms with E-state index < -0.39 is 30.2 Å². The molecule has 0 aliphatic carbocycles. The van der Waals surface area contributed by atoms with Gasteiger partial charge in [0.15, 0.2) is 11.6 Å². The van der Waals surface area contributed by atoms with E-state index in [4.69, 9.17) is 10.8 Å². The summed E-state index contributed by atoms with van der Waals surface area (Å²) in [6.45, 7) is -0.745. The zero-order valence-corrected chi connectivity index (χ0v) is 9.74. The van der Waals surface area contributed by atoms with E-state index in [-0.39, 0.29) is 17.9 Å². The molecule has 7 heteroatoms. The molecule has 0 saturated heterocycles. The van der Waals surface area contributed by atoms with Crippen molar-refractivity contribution in [1.82, 2.24) is 5.32 Å². The molecule has 1 aromatic carbocycles. The zero-order valence-electron chi connectivity index (χ0n) is 9.74. The van der Waals surface area contributed by atoms with Gasteiger partial charge in [0, 0.05) is 18.2 Å². The maximum absolute atomic E-state index is 13.5. The van der Waals surface area contributed by atoms with E-state index in [1.807, 2.05) is 0 Å². The fourth-order valence-corrected chi connectivity index (χ4v) is 1.26. The summed E-state index contributed by atoms with van der Waals surface area (Å²) in [6.07, 6.45) is 0. The number of methoxy groups -OCH3 is 1. The molecule has 1 rings (SSSR count). The topological polar surface area (TPSA) is 84.6 Å². The number of rotatable bonds is 5. The number of ether oxygens (including phenoxy) is 1. The highest BCUT2D eigenvalue weighted by molar-refractivity contribution is 5.81. The van der Waals surface area contributed by atoms with Crippen molar-refractivity contribution < 1.29 is 23.4 Å². The fourth-order valence-electron chi connectivity index (χ4n) is 1.26. The van der Waals surface area contributed by atoms with E-state index in [0.29, 0.717) is 0 Å². The molecule has 1 unspecified atom stereocenters. The van der Waals surface area contributed by atoms with E-state index in [1.54, 1.807) is 0 Å². The first kappa shape index (κ1) is 14.3. The van der Waals surface area contributed by atoms with Crippen LogP contribution in [0.15, 0.2) is 12.1 Å². The number of nitrogens with two attached hydrogens (primary N) is 1. The Morgan fingerprint density at radius 2 is 2.17 bits per heavy atom. The van der Waals surface area contributed by atoms with Gasteiger partial charge in [0.2, 0.25) is 5.91 Å². The minimum Gasteiger partial charge on any atom is -0.494 e. The quantitative estimate of drug-likeness (QED) is 0.690. The molecular formula is C11H14F2N2O3. The van der Waals surface area contributed by atoms with Crippen molar-refractivity contribution in [2.75, 3.05) is 13.7 Å². The summed E-state index contributed by atoms with van der Waals surface area (Å²) in [5.41, 5.74) is 5.21. The largest absolute Gasteiger partial charge is 0.494 e. The molecule has 1 aromatic rings. The predicted octanol–water partition coefficient (Wildman–Crippen LogP) is -0.0908. The number of aliphatic hydroxyl groups is 1. The van der Waals surface area contributed by atoms with Crippen LogP contribution in [-0.2, 0) is 11.3 Å². The Morgan fingerprint density at radius 1 is 1.50 bits per heavy atom. The van der Waals surface area contributed by atoms with Gasteiger partial charge in [-0.05, 0) is 6.07 Å². The SMILES string of the molecule is COc1cc(F)c(CNC(=O)C(N)CO)cc1F. The van der Waals surface area contributed by atoms with E-state index in [9.17, 15) is 13.6 Å². The summed E-state index contributed by atoms with van der Waals surface area (Å²) in [6, 6.07) is 0.734. The summed E-state index contributed by atoms with van der Waals surface area (Å²) < 4.78 is 31.4. The van der Waals surface area contributed by atoms with Crippen LogP contribution in [0.25, 0.3) is 0 Å². The summed E-state index contributed by atoms with van der Waals surface area (Å²) in [7, 11) is 1.22. The van der Waals surface area contributed by atoms with Crippen molar-refractivity contribution in [2.24, 2.45) is 5.73 Å². The second-order valence-corrected chi connectivity index (χ2v) is 3.59. The fraction of sp³-hybridized carbons (Fsp3) is 0.364. The number of hydrogen-bond acceptors (Lipinski definition) is 4. The Morgan fingerprint density at radius 3 is 2.72 bits per heavy atom. The third-order valence-corrected chi connectivity index (χ3v) is 2.31. The highest BCUT2D eigenvalue weighted by atomic mass is 19.1. The average Bonchev–Trinajstić information content (AvgIpc) is 2.37. The van der Waals surface area contributed by atoms with Gasteiger partial charge in [-0.1, -0.05) is 0 Å². The third-order valence-electron chi connectivity index (χ3n) is 2.31. The number of benzene rings is 1. The van der Waals surface area contributed by atoms with Crippen molar-refractivity contribution in [3.63, 3.8) is 0 Å². The first-order valence-electron chi connectivity index (χ1n) is 5.15. The van der Waals surface area contributed by atoms with E-state index in [2.05, 4.69) is 10.1 Å². The van der Waals surface area contributed by atoms with E-state index in [0.717, 1.165) is 12.1 Å². The molecule has 0 fully saturated rings. The van der Waals surface area contributed by atoms with Crippen LogP contribution in [-0.4, -0.2) is 30.8 Å². The number of carbonyl (C=O) groups excluding carboxylic acids is 1. The molecule has 0 radical (unpaired) electrons. The van der Waals surface area contributed by atoms with Gasteiger partial charge >= 0.3 is 0 Å². The second-order valence-electron chi connectivity index (χ2n) is 3.59. The van der Waals surface area contributed by atoms with Crippen molar-refractivity contribution in [1.29, 1.82) is 0 Å². The number of amides is 1. The molecule has 100 valence electrons. The summed E-state index contributed by atoms with van der Waals surface area (Å²) in [5.74, 6) is -2.29. The molecule has 4 N–H and O–H groups in total. The average molecular weight is 260 g/mol. The predicted molar refractivity (Wildman–Crippen MR) is 59.8 cm³/mol. The molecule has 5 nitrogen and oxygen atoms in total. The first-order valence-corrected chi connectivity index (χ1v) is 5.15. The molecule has 0 aliphatic heterocycles. The van der Waals surface area contributed by atoms with Crippen LogP contribution in [0.1, 0.15) is 5.56 Å². The van der Waals surface area contributed by atoms with Gasteiger partial charge < -0.3 is 20.9 Å². The Labute approximate surface area is 103 Å². The molecule has 0 spiro atoms. The summed E-state index contributed by atoms with van der Waals surface area (Å²) >= 11 is 0. The van der Waals surface area contributed by atoms with Crippen molar-refractivity contribution >= 4 is 5.91 Å². The molecule has 1 atom stereocenters. The van der Waals surface area contributed by atoms with Crippen LogP contribution in [0.2, 0.25) is 0 Å². The number of nitrogens with one attached hydrogen (secondary N) is 1. The first-order chi connectivity index (χ1) is 8.49. The lowest BCUT2D eigenvalue weighted by atomic mass is 10.2. The van der Waals surface area contributed by atoms with Crippen molar-refractivity contribution in [3.8, 4) is 5.75 Å².